The third-order valence-corrected chi connectivity index (χ3v) is 4.78. The Morgan fingerprint density at radius 2 is 2.23 bits per heavy atom. The van der Waals surface area contributed by atoms with Gasteiger partial charge >= 0.3 is 6.03 Å². The summed E-state index contributed by atoms with van der Waals surface area (Å²) in [6.07, 6.45) is 0. The van der Waals surface area contributed by atoms with E-state index in [9.17, 15) is 4.79 Å². The highest BCUT2D eigenvalue weighted by Gasteiger charge is 2.08. The lowest BCUT2D eigenvalue weighted by Crippen LogP contribution is -2.32. The summed E-state index contributed by atoms with van der Waals surface area (Å²) in [6, 6.07) is 11.6. The van der Waals surface area contributed by atoms with E-state index in [-0.39, 0.29) is 11.9 Å². The van der Waals surface area contributed by atoms with Gasteiger partial charge in [0.2, 0.25) is 0 Å². The van der Waals surface area contributed by atoms with Crippen LogP contribution in [-0.4, -0.2) is 12.6 Å². The molecule has 2 rings (SSSR count). The maximum Gasteiger partial charge on any atom is 0.319 e. The minimum atomic E-state index is -0.286. The van der Waals surface area contributed by atoms with Gasteiger partial charge in [-0.3, -0.25) is 0 Å². The molecule has 2 N–H and O–H groups in total. The van der Waals surface area contributed by atoms with Crippen molar-refractivity contribution in [2.45, 2.75) is 17.6 Å². The van der Waals surface area contributed by atoms with Gasteiger partial charge in [0.25, 0.3) is 0 Å². The molecule has 0 saturated heterocycles. The quantitative estimate of drug-likeness (QED) is 0.775. The normalized spacial score (nSPS) is 11.5. The lowest BCUT2D eigenvalue weighted by atomic mass is 10.2. The molecule has 0 radical (unpaired) electrons. The van der Waals surface area contributed by atoms with Crippen LogP contribution in [0.1, 0.15) is 12.5 Å². The number of thiophene rings is 1. The van der Waals surface area contributed by atoms with Crippen LogP contribution in [0, 0.1) is 17.2 Å². The van der Waals surface area contributed by atoms with Crippen molar-refractivity contribution in [3.05, 3.63) is 46.7 Å². The molecule has 0 fully saturated rings. The lowest BCUT2D eigenvalue weighted by Gasteiger charge is -2.12. The van der Waals surface area contributed by atoms with E-state index in [1.165, 1.54) is 5.56 Å². The van der Waals surface area contributed by atoms with Crippen LogP contribution < -0.4 is 10.6 Å². The van der Waals surface area contributed by atoms with Gasteiger partial charge in [0.15, 0.2) is 0 Å². The van der Waals surface area contributed by atoms with E-state index in [1.807, 2.05) is 24.3 Å². The van der Waals surface area contributed by atoms with Crippen molar-refractivity contribution in [2.24, 2.45) is 5.92 Å². The summed E-state index contributed by atoms with van der Waals surface area (Å²) >= 11 is 3.37. The van der Waals surface area contributed by atoms with E-state index >= 15 is 0 Å². The van der Waals surface area contributed by atoms with Crippen LogP contribution in [0.15, 0.2) is 46.0 Å². The summed E-state index contributed by atoms with van der Waals surface area (Å²) in [4.78, 5) is 12.9. The molecule has 4 nitrogen and oxygen atoms in total. The maximum absolute atomic E-state index is 11.9. The van der Waals surface area contributed by atoms with Crippen molar-refractivity contribution in [3.8, 4) is 6.07 Å². The number of nitrogens with zero attached hydrogens (tertiary/aromatic N) is 1. The van der Waals surface area contributed by atoms with Crippen LogP contribution in [0.3, 0.4) is 0 Å². The van der Waals surface area contributed by atoms with Gasteiger partial charge in [-0.05, 0) is 41.4 Å². The Hall–Kier alpha value is -1.97. The van der Waals surface area contributed by atoms with Crippen LogP contribution in [0.25, 0.3) is 0 Å². The SMILES string of the molecule is C[C@@H](C#N)CNC(=O)Nc1ccccc1SCc1ccsc1. The summed E-state index contributed by atoms with van der Waals surface area (Å²) in [5.74, 6) is 0.670. The van der Waals surface area contributed by atoms with E-state index in [4.69, 9.17) is 5.26 Å². The Kier molecular flexibility index (Phi) is 6.31. The van der Waals surface area contributed by atoms with Gasteiger partial charge in [0.1, 0.15) is 0 Å². The molecule has 2 aromatic rings. The monoisotopic (exact) mass is 331 g/mol. The van der Waals surface area contributed by atoms with Crippen molar-refractivity contribution >= 4 is 34.8 Å². The van der Waals surface area contributed by atoms with Crippen molar-refractivity contribution < 1.29 is 4.79 Å². The molecule has 114 valence electrons. The summed E-state index contributed by atoms with van der Waals surface area (Å²) in [6.45, 7) is 2.11. The number of thioether (sulfide) groups is 1. The number of anilines is 1. The van der Waals surface area contributed by atoms with Crippen LogP contribution in [0.2, 0.25) is 0 Å². The van der Waals surface area contributed by atoms with Crippen LogP contribution in [0.4, 0.5) is 10.5 Å². The number of amides is 2. The number of rotatable bonds is 6. The van der Waals surface area contributed by atoms with Gasteiger partial charge in [0, 0.05) is 17.2 Å². The average molecular weight is 331 g/mol. The first-order chi connectivity index (χ1) is 10.7. The lowest BCUT2D eigenvalue weighted by molar-refractivity contribution is 0.251. The Morgan fingerprint density at radius 3 is 2.95 bits per heavy atom. The number of nitrogens with one attached hydrogen (secondary N) is 2. The third kappa shape index (κ3) is 5.10. The molecular weight excluding hydrogens is 314 g/mol. The van der Waals surface area contributed by atoms with Crippen molar-refractivity contribution in [1.82, 2.24) is 5.32 Å². The van der Waals surface area contributed by atoms with Crippen LogP contribution in [-0.2, 0) is 5.75 Å². The molecule has 6 heteroatoms. The maximum atomic E-state index is 11.9. The van der Waals surface area contributed by atoms with Crippen LogP contribution in [0.5, 0.6) is 0 Å². The third-order valence-electron chi connectivity index (χ3n) is 2.90. The summed E-state index contributed by atoms with van der Waals surface area (Å²) < 4.78 is 0. The fourth-order valence-electron chi connectivity index (χ4n) is 1.69. The van der Waals surface area contributed by atoms with Crippen molar-refractivity contribution in [1.29, 1.82) is 5.26 Å². The molecular formula is C16H17N3OS2. The van der Waals surface area contributed by atoms with Gasteiger partial charge in [-0.15, -0.1) is 11.8 Å². The highest BCUT2D eigenvalue weighted by Crippen LogP contribution is 2.30. The molecule has 0 spiro atoms. The van der Waals surface area contributed by atoms with E-state index in [0.29, 0.717) is 6.54 Å². The second kappa shape index (κ2) is 8.47. The molecule has 1 heterocycles. The number of hydrogen-bond donors (Lipinski definition) is 2. The highest BCUT2D eigenvalue weighted by molar-refractivity contribution is 7.98. The Balaban J connectivity index is 1.93. The molecule has 1 atom stereocenters. The Morgan fingerprint density at radius 1 is 1.41 bits per heavy atom. The number of carbonyl (C=O) groups excluding carboxylic acids is 1. The molecule has 1 aromatic carbocycles. The number of benzene rings is 1. The van der Waals surface area contributed by atoms with E-state index in [2.05, 4.69) is 33.5 Å². The first kappa shape index (κ1) is 16.4. The number of nitriles is 1. The molecule has 0 aliphatic carbocycles. The molecule has 1 aromatic heterocycles. The molecule has 0 aliphatic rings. The van der Waals surface area contributed by atoms with Gasteiger partial charge in [0.05, 0.1) is 17.7 Å². The molecule has 0 aliphatic heterocycles. The Labute approximate surface area is 138 Å². The fourth-order valence-corrected chi connectivity index (χ4v) is 3.41. The molecule has 2 amide bonds. The predicted octanol–water partition coefficient (Wildman–Crippen LogP) is 4.32. The number of urea groups is 1. The van der Waals surface area contributed by atoms with E-state index < -0.39 is 0 Å². The van der Waals surface area contributed by atoms with Crippen molar-refractivity contribution in [3.63, 3.8) is 0 Å². The minimum Gasteiger partial charge on any atom is -0.337 e. The second-order valence-corrected chi connectivity index (χ2v) is 6.58. The molecule has 0 unspecified atom stereocenters. The number of hydrogen-bond acceptors (Lipinski definition) is 4. The highest BCUT2D eigenvalue weighted by atomic mass is 32.2. The summed E-state index contributed by atoms with van der Waals surface area (Å²) in [7, 11) is 0. The van der Waals surface area contributed by atoms with Crippen LogP contribution >= 0.6 is 23.1 Å². The Bertz CT molecular complexity index is 650. The molecule has 0 saturated carbocycles. The predicted molar refractivity (Wildman–Crippen MR) is 92.1 cm³/mol. The average Bonchev–Trinajstić information content (AvgIpc) is 3.05. The first-order valence-corrected chi connectivity index (χ1v) is 8.79. The number of carbonyl (C=O) groups is 1. The fraction of sp³-hybridized carbons (Fsp3) is 0.250. The standard InChI is InChI=1S/C16H17N3OS2/c1-12(8-17)9-18-16(20)19-14-4-2-3-5-15(14)22-11-13-6-7-21-10-13/h2-7,10,12H,9,11H2,1H3,(H2,18,19,20)/t12-/m0/s1. The zero-order chi connectivity index (χ0) is 15.8. The zero-order valence-corrected chi connectivity index (χ0v) is 13.8. The largest absolute Gasteiger partial charge is 0.337 e. The molecule has 22 heavy (non-hydrogen) atoms. The van der Waals surface area contributed by atoms with Crippen molar-refractivity contribution in [2.75, 3.05) is 11.9 Å². The van der Waals surface area contributed by atoms with Gasteiger partial charge in [-0.1, -0.05) is 12.1 Å². The van der Waals surface area contributed by atoms with E-state index in [0.717, 1.165) is 16.3 Å². The molecule has 0 bridgehead atoms. The summed E-state index contributed by atoms with van der Waals surface area (Å²) in [5, 5.41) is 18.4. The topological polar surface area (TPSA) is 64.9 Å². The first-order valence-electron chi connectivity index (χ1n) is 6.86. The zero-order valence-electron chi connectivity index (χ0n) is 12.2. The minimum absolute atomic E-state index is 0.200. The van der Waals surface area contributed by atoms with Gasteiger partial charge in [-0.25, -0.2) is 4.79 Å². The second-order valence-electron chi connectivity index (χ2n) is 4.78. The van der Waals surface area contributed by atoms with Gasteiger partial charge in [-0.2, -0.15) is 16.6 Å². The number of para-hydroxylation sites is 1. The van der Waals surface area contributed by atoms with Gasteiger partial charge < -0.3 is 10.6 Å². The smallest absolute Gasteiger partial charge is 0.319 e. The summed E-state index contributed by atoms with van der Waals surface area (Å²) in [5.41, 5.74) is 2.06. The van der Waals surface area contributed by atoms with E-state index in [1.54, 1.807) is 30.0 Å².